The predicted octanol–water partition coefficient (Wildman–Crippen LogP) is 5.68. The van der Waals surface area contributed by atoms with Gasteiger partial charge < -0.3 is 19.9 Å². The topological polar surface area (TPSA) is 84.9 Å². The van der Waals surface area contributed by atoms with Crippen LogP contribution >= 0.6 is 11.6 Å². The molecule has 0 saturated carbocycles. The standard InChI is InChI=1S/C23H27ClFNO5/c1-6-30-19(28)12-17(26-22(29)31-23(3,4)5)15-11-14(10-13(2)21(15)25)20-16(24)8-7-9-18(20)27/h7-11,17,27H,6,12H2,1-5H3,(H,26,29)/t17-/m0/s1. The summed E-state index contributed by atoms with van der Waals surface area (Å²) in [7, 11) is 0. The Hall–Kier alpha value is -2.80. The van der Waals surface area contributed by atoms with Crippen molar-refractivity contribution in [3.63, 3.8) is 0 Å². The third-order valence-corrected chi connectivity index (χ3v) is 4.62. The summed E-state index contributed by atoms with van der Waals surface area (Å²) in [5.41, 5.74) is 0.288. The Morgan fingerprint density at radius 2 is 1.94 bits per heavy atom. The highest BCUT2D eigenvalue weighted by atomic mass is 35.5. The van der Waals surface area contributed by atoms with E-state index in [9.17, 15) is 14.7 Å². The Morgan fingerprint density at radius 1 is 1.26 bits per heavy atom. The molecule has 2 aromatic rings. The van der Waals surface area contributed by atoms with Gasteiger partial charge in [0.25, 0.3) is 0 Å². The number of ether oxygens (including phenoxy) is 2. The molecule has 6 nitrogen and oxygen atoms in total. The van der Waals surface area contributed by atoms with Crippen LogP contribution in [0.5, 0.6) is 5.75 Å². The maximum Gasteiger partial charge on any atom is 0.408 e. The number of hydrogen-bond acceptors (Lipinski definition) is 5. The van der Waals surface area contributed by atoms with Crippen LogP contribution in [0.2, 0.25) is 5.02 Å². The third kappa shape index (κ3) is 6.59. The molecular formula is C23H27ClFNO5. The largest absolute Gasteiger partial charge is 0.507 e. The number of rotatable bonds is 6. The molecule has 2 N–H and O–H groups in total. The molecule has 2 rings (SSSR count). The predicted molar refractivity (Wildman–Crippen MR) is 117 cm³/mol. The lowest BCUT2D eigenvalue weighted by Crippen LogP contribution is -2.36. The number of phenolic OH excluding ortho intramolecular Hbond substituents is 1. The number of carbonyl (C=O) groups is 2. The van der Waals surface area contributed by atoms with E-state index in [1.807, 2.05) is 0 Å². The minimum absolute atomic E-state index is 0.0493. The zero-order valence-corrected chi connectivity index (χ0v) is 19.0. The number of carbonyl (C=O) groups excluding carboxylic acids is 2. The molecule has 0 heterocycles. The number of amides is 1. The van der Waals surface area contributed by atoms with Crippen molar-refractivity contribution >= 4 is 23.7 Å². The molecule has 0 aliphatic heterocycles. The molecule has 0 bridgehead atoms. The first kappa shape index (κ1) is 24.5. The lowest BCUT2D eigenvalue weighted by atomic mass is 9.94. The summed E-state index contributed by atoms with van der Waals surface area (Å²) in [5.74, 6) is -1.28. The van der Waals surface area contributed by atoms with Gasteiger partial charge in [0.1, 0.15) is 17.2 Å². The zero-order chi connectivity index (χ0) is 23.3. The van der Waals surface area contributed by atoms with Gasteiger partial charge in [0.2, 0.25) is 0 Å². The van der Waals surface area contributed by atoms with Crippen LogP contribution in [0.4, 0.5) is 9.18 Å². The van der Waals surface area contributed by atoms with Gasteiger partial charge in [-0.1, -0.05) is 17.7 Å². The molecule has 168 valence electrons. The maximum atomic E-state index is 15.1. The fraction of sp³-hybridized carbons (Fsp3) is 0.391. The van der Waals surface area contributed by atoms with Crippen LogP contribution in [0.15, 0.2) is 30.3 Å². The minimum atomic E-state index is -1.06. The maximum absolute atomic E-state index is 15.1. The highest BCUT2D eigenvalue weighted by molar-refractivity contribution is 6.33. The van der Waals surface area contributed by atoms with Crippen molar-refractivity contribution in [3.8, 4) is 16.9 Å². The van der Waals surface area contributed by atoms with Crippen LogP contribution in [0.1, 0.15) is 51.3 Å². The molecule has 8 heteroatoms. The number of alkyl carbamates (subject to hydrolysis) is 1. The van der Waals surface area contributed by atoms with Crippen molar-refractivity contribution in [2.24, 2.45) is 0 Å². The molecule has 1 amide bonds. The number of benzene rings is 2. The first-order chi connectivity index (χ1) is 14.4. The van der Waals surface area contributed by atoms with Gasteiger partial charge in [0.15, 0.2) is 0 Å². The van der Waals surface area contributed by atoms with Crippen LogP contribution in [-0.4, -0.2) is 29.4 Å². The van der Waals surface area contributed by atoms with Gasteiger partial charge in [-0.15, -0.1) is 0 Å². The quantitative estimate of drug-likeness (QED) is 0.552. The van der Waals surface area contributed by atoms with Crippen molar-refractivity contribution in [1.82, 2.24) is 5.32 Å². The second-order valence-corrected chi connectivity index (χ2v) is 8.45. The molecule has 0 saturated heterocycles. The average molecular weight is 452 g/mol. The van der Waals surface area contributed by atoms with Crippen molar-refractivity contribution in [2.75, 3.05) is 6.61 Å². The Morgan fingerprint density at radius 3 is 2.52 bits per heavy atom. The number of esters is 1. The normalized spacial score (nSPS) is 12.2. The van der Waals surface area contributed by atoms with Crippen molar-refractivity contribution < 1.29 is 28.6 Å². The Balaban J connectivity index is 2.54. The summed E-state index contributed by atoms with van der Waals surface area (Å²) in [5, 5.41) is 13.1. The molecule has 0 aromatic heterocycles. The first-order valence-electron chi connectivity index (χ1n) is 9.86. The van der Waals surface area contributed by atoms with Crippen LogP contribution in [-0.2, 0) is 14.3 Å². The molecule has 0 spiro atoms. The molecule has 0 unspecified atom stereocenters. The second kappa shape index (κ2) is 10.0. The van der Waals surface area contributed by atoms with E-state index in [1.54, 1.807) is 46.8 Å². The molecule has 31 heavy (non-hydrogen) atoms. The minimum Gasteiger partial charge on any atom is -0.507 e. The second-order valence-electron chi connectivity index (χ2n) is 8.04. The van der Waals surface area contributed by atoms with Crippen LogP contribution in [0, 0.1) is 12.7 Å². The fourth-order valence-electron chi connectivity index (χ4n) is 3.07. The number of phenols is 1. The van der Waals surface area contributed by atoms with Gasteiger partial charge in [-0.2, -0.15) is 0 Å². The molecule has 0 aliphatic carbocycles. The number of nitrogens with one attached hydrogen (secondary N) is 1. The van der Waals surface area contributed by atoms with Gasteiger partial charge in [-0.05, 0) is 70.0 Å². The zero-order valence-electron chi connectivity index (χ0n) is 18.2. The Kier molecular flexibility index (Phi) is 7.90. The highest BCUT2D eigenvalue weighted by Gasteiger charge is 2.27. The van der Waals surface area contributed by atoms with E-state index >= 15 is 4.39 Å². The number of halogens is 2. The smallest absolute Gasteiger partial charge is 0.408 e. The first-order valence-corrected chi connectivity index (χ1v) is 10.2. The molecule has 2 aromatic carbocycles. The van der Waals surface area contributed by atoms with E-state index in [0.717, 1.165) is 0 Å². The van der Waals surface area contributed by atoms with E-state index < -0.39 is 29.5 Å². The highest BCUT2D eigenvalue weighted by Crippen LogP contribution is 2.38. The van der Waals surface area contributed by atoms with Gasteiger partial charge in [-0.25, -0.2) is 9.18 Å². The fourth-order valence-corrected chi connectivity index (χ4v) is 3.35. The van der Waals surface area contributed by atoms with E-state index in [-0.39, 0.29) is 34.9 Å². The summed E-state index contributed by atoms with van der Waals surface area (Å²) in [4.78, 5) is 24.5. The lowest BCUT2D eigenvalue weighted by molar-refractivity contribution is -0.143. The van der Waals surface area contributed by atoms with E-state index in [0.29, 0.717) is 11.1 Å². The van der Waals surface area contributed by atoms with E-state index in [1.165, 1.54) is 18.2 Å². The van der Waals surface area contributed by atoms with Crippen molar-refractivity contribution in [3.05, 3.63) is 52.3 Å². The number of aryl methyl sites for hydroxylation is 1. The Labute approximate surface area is 186 Å². The molecule has 0 fully saturated rings. The van der Waals surface area contributed by atoms with Crippen molar-refractivity contribution in [2.45, 2.75) is 52.7 Å². The molecule has 0 radical (unpaired) electrons. The van der Waals surface area contributed by atoms with E-state index in [2.05, 4.69) is 5.32 Å². The number of aromatic hydroxyl groups is 1. The van der Waals surface area contributed by atoms with Gasteiger partial charge in [0, 0.05) is 11.1 Å². The SMILES string of the molecule is CCOC(=O)C[C@H](NC(=O)OC(C)(C)C)c1cc(-c2c(O)cccc2Cl)cc(C)c1F. The summed E-state index contributed by atoms with van der Waals surface area (Å²) in [6.45, 7) is 8.42. The summed E-state index contributed by atoms with van der Waals surface area (Å²) in [6.07, 6.45) is -1.11. The van der Waals surface area contributed by atoms with Crippen LogP contribution < -0.4 is 5.32 Å². The summed E-state index contributed by atoms with van der Waals surface area (Å²) in [6, 6.07) is 6.58. The molecule has 0 aliphatic rings. The van der Waals surface area contributed by atoms with Crippen LogP contribution in [0.25, 0.3) is 11.1 Å². The average Bonchev–Trinajstić information content (AvgIpc) is 2.62. The monoisotopic (exact) mass is 451 g/mol. The summed E-state index contributed by atoms with van der Waals surface area (Å²) < 4.78 is 25.4. The number of hydrogen-bond donors (Lipinski definition) is 2. The van der Waals surface area contributed by atoms with Crippen molar-refractivity contribution in [1.29, 1.82) is 0 Å². The molecule has 1 atom stereocenters. The summed E-state index contributed by atoms with van der Waals surface area (Å²) >= 11 is 6.25. The van der Waals surface area contributed by atoms with Gasteiger partial charge in [-0.3, -0.25) is 4.79 Å². The lowest BCUT2D eigenvalue weighted by Gasteiger charge is -2.24. The van der Waals surface area contributed by atoms with Gasteiger partial charge in [0.05, 0.1) is 24.1 Å². The van der Waals surface area contributed by atoms with Gasteiger partial charge >= 0.3 is 12.1 Å². The molecular weight excluding hydrogens is 425 g/mol. The van der Waals surface area contributed by atoms with E-state index in [4.69, 9.17) is 21.1 Å². The Bertz CT molecular complexity index is 951. The van der Waals surface area contributed by atoms with Crippen LogP contribution in [0.3, 0.4) is 0 Å². The third-order valence-electron chi connectivity index (χ3n) is 4.31.